The first-order valence-corrected chi connectivity index (χ1v) is 4.00. The summed E-state index contributed by atoms with van der Waals surface area (Å²) in [6.45, 7) is 1.63. The van der Waals surface area contributed by atoms with Crippen molar-refractivity contribution >= 4 is 0 Å². The molecule has 0 saturated carbocycles. The molecule has 64 valence electrons. The second-order valence-corrected chi connectivity index (χ2v) is 2.91. The Hall–Kier alpha value is -1.03. The summed E-state index contributed by atoms with van der Waals surface area (Å²) in [7, 11) is 0. The van der Waals surface area contributed by atoms with Gasteiger partial charge in [0, 0.05) is 6.61 Å². The molecule has 1 N–H and O–H groups in total. The normalized spacial score (nSPS) is 28.8. The van der Waals surface area contributed by atoms with E-state index in [2.05, 4.69) is 17.3 Å². The zero-order valence-electron chi connectivity index (χ0n) is 6.97. The number of nitrogens with zero attached hydrogens (tertiary/aromatic N) is 1. The predicted octanol–water partition coefficient (Wildman–Crippen LogP) is 0.282. The molecule has 12 heavy (non-hydrogen) atoms. The van der Waals surface area contributed by atoms with Crippen LogP contribution in [0.1, 0.15) is 12.8 Å². The van der Waals surface area contributed by atoms with Crippen LogP contribution in [-0.4, -0.2) is 25.3 Å². The molecule has 1 heterocycles. The van der Waals surface area contributed by atoms with Gasteiger partial charge in [-0.3, -0.25) is 5.32 Å². The average Bonchev–Trinajstić information content (AvgIpc) is 2.16. The number of hydrogen-bond acceptors (Lipinski definition) is 3. The monoisotopic (exact) mass is 164 g/mol. The van der Waals surface area contributed by atoms with Crippen LogP contribution in [0.25, 0.3) is 0 Å². The molecule has 0 aliphatic carbocycles. The highest BCUT2D eigenvalue weighted by molar-refractivity contribution is 5.10. The second-order valence-electron chi connectivity index (χ2n) is 2.91. The molecule has 0 bridgehead atoms. The lowest BCUT2D eigenvalue weighted by Gasteiger charge is -2.30. The zero-order valence-corrected chi connectivity index (χ0v) is 6.97. The number of rotatable bonds is 2. The highest BCUT2D eigenvalue weighted by atomic mass is 16.5. The molecule has 1 fully saturated rings. The van der Waals surface area contributed by atoms with Crippen LogP contribution >= 0.6 is 0 Å². The third kappa shape index (κ3) is 1.98. The first kappa shape index (κ1) is 9.06. The minimum atomic E-state index is -0.537. The number of nitrogens with one attached hydrogen (secondary N) is 1. The van der Waals surface area contributed by atoms with E-state index < -0.39 is 5.54 Å². The molecule has 3 nitrogen and oxygen atoms in total. The van der Waals surface area contributed by atoms with Crippen molar-refractivity contribution in [3.05, 3.63) is 0 Å². The molecule has 0 amide bonds. The van der Waals surface area contributed by atoms with Gasteiger partial charge >= 0.3 is 0 Å². The number of hydrogen-bond donors (Lipinski definition) is 1. The standard InChI is InChI=1S/C9H12N2O/c1-2-5-11-9(7-10)4-3-6-12-8-9/h1,11H,3-6,8H2. The van der Waals surface area contributed by atoms with E-state index in [1.807, 2.05) is 0 Å². The molecule has 1 atom stereocenters. The third-order valence-corrected chi connectivity index (χ3v) is 1.98. The van der Waals surface area contributed by atoms with E-state index in [1.165, 1.54) is 0 Å². The molecule has 1 saturated heterocycles. The zero-order chi connectivity index (χ0) is 8.86. The van der Waals surface area contributed by atoms with Gasteiger partial charge in [-0.1, -0.05) is 5.92 Å². The lowest BCUT2D eigenvalue weighted by Crippen LogP contribution is -2.50. The Morgan fingerprint density at radius 2 is 2.50 bits per heavy atom. The minimum absolute atomic E-state index is 0.428. The SMILES string of the molecule is C#CCNC1(C#N)CCCOC1. The number of terminal acetylenes is 1. The number of nitriles is 1. The van der Waals surface area contributed by atoms with Gasteiger partial charge in [0.05, 0.1) is 19.2 Å². The summed E-state index contributed by atoms with van der Waals surface area (Å²) in [5, 5.41) is 11.9. The molecule has 0 spiro atoms. The van der Waals surface area contributed by atoms with Crippen molar-refractivity contribution in [2.75, 3.05) is 19.8 Å². The van der Waals surface area contributed by atoms with Crippen LogP contribution in [-0.2, 0) is 4.74 Å². The predicted molar refractivity (Wildman–Crippen MR) is 45.2 cm³/mol. The minimum Gasteiger partial charge on any atom is -0.378 e. The Kier molecular flexibility index (Phi) is 3.10. The molecule has 1 rings (SSSR count). The van der Waals surface area contributed by atoms with Gasteiger partial charge in [0.25, 0.3) is 0 Å². The van der Waals surface area contributed by atoms with Gasteiger partial charge in [-0.15, -0.1) is 6.42 Å². The van der Waals surface area contributed by atoms with Crippen LogP contribution in [0.5, 0.6) is 0 Å². The Morgan fingerprint density at radius 1 is 1.67 bits per heavy atom. The van der Waals surface area contributed by atoms with E-state index >= 15 is 0 Å². The van der Waals surface area contributed by atoms with Crippen molar-refractivity contribution in [2.45, 2.75) is 18.4 Å². The second kappa shape index (κ2) is 4.11. The smallest absolute Gasteiger partial charge is 0.131 e. The summed E-state index contributed by atoms with van der Waals surface area (Å²) in [5.41, 5.74) is -0.537. The largest absolute Gasteiger partial charge is 0.378 e. The van der Waals surface area contributed by atoms with Crippen molar-refractivity contribution in [3.8, 4) is 18.4 Å². The maximum absolute atomic E-state index is 8.91. The summed E-state index contributed by atoms with van der Waals surface area (Å²) in [5.74, 6) is 2.46. The fraction of sp³-hybridized carbons (Fsp3) is 0.667. The van der Waals surface area contributed by atoms with Crippen LogP contribution in [0.15, 0.2) is 0 Å². The van der Waals surface area contributed by atoms with Gasteiger partial charge in [-0.25, -0.2) is 0 Å². The maximum atomic E-state index is 8.91. The van der Waals surface area contributed by atoms with E-state index in [1.54, 1.807) is 0 Å². The first-order chi connectivity index (χ1) is 5.83. The molecule has 0 aromatic rings. The van der Waals surface area contributed by atoms with Gasteiger partial charge in [-0.05, 0) is 12.8 Å². The van der Waals surface area contributed by atoms with Crippen molar-refractivity contribution in [1.29, 1.82) is 5.26 Å². The van der Waals surface area contributed by atoms with Crippen LogP contribution in [0.2, 0.25) is 0 Å². The molecular weight excluding hydrogens is 152 g/mol. The first-order valence-electron chi connectivity index (χ1n) is 4.00. The lowest BCUT2D eigenvalue weighted by atomic mass is 9.94. The molecule has 1 unspecified atom stereocenters. The summed E-state index contributed by atoms with van der Waals surface area (Å²) in [6, 6.07) is 2.22. The average molecular weight is 164 g/mol. The molecule has 0 radical (unpaired) electrons. The molecule has 1 aliphatic rings. The van der Waals surface area contributed by atoms with Crippen molar-refractivity contribution < 1.29 is 4.74 Å². The summed E-state index contributed by atoms with van der Waals surface area (Å²) in [6.07, 6.45) is 6.84. The van der Waals surface area contributed by atoms with Gasteiger partial charge in [0.2, 0.25) is 0 Å². The molecule has 0 aromatic carbocycles. The van der Waals surface area contributed by atoms with E-state index in [9.17, 15) is 0 Å². The highest BCUT2D eigenvalue weighted by Gasteiger charge is 2.31. The van der Waals surface area contributed by atoms with Gasteiger partial charge in [-0.2, -0.15) is 5.26 Å². The molecule has 3 heteroatoms. The van der Waals surface area contributed by atoms with Crippen LogP contribution < -0.4 is 5.32 Å². The fourth-order valence-electron chi connectivity index (χ4n) is 1.28. The Labute approximate surface area is 72.7 Å². The fourth-order valence-corrected chi connectivity index (χ4v) is 1.28. The molecule has 1 aliphatic heterocycles. The van der Waals surface area contributed by atoms with E-state index in [0.717, 1.165) is 19.4 Å². The Morgan fingerprint density at radius 3 is 3.00 bits per heavy atom. The van der Waals surface area contributed by atoms with Crippen LogP contribution in [0.4, 0.5) is 0 Å². The van der Waals surface area contributed by atoms with Gasteiger partial charge in [0.1, 0.15) is 5.54 Å². The third-order valence-electron chi connectivity index (χ3n) is 1.98. The summed E-state index contributed by atoms with van der Waals surface area (Å²) >= 11 is 0. The lowest BCUT2D eigenvalue weighted by molar-refractivity contribution is 0.0460. The van der Waals surface area contributed by atoms with E-state index in [0.29, 0.717) is 13.2 Å². The Bertz CT molecular complexity index is 218. The van der Waals surface area contributed by atoms with Crippen LogP contribution in [0.3, 0.4) is 0 Å². The summed E-state index contributed by atoms with van der Waals surface area (Å²) in [4.78, 5) is 0. The van der Waals surface area contributed by atoms with Crippen molar-refractivity contribution in [3.63, 3.8) is 0 Å². The molecular formula is C9H12N2O. The number of ether oxygens (including phenoxy) is 1. The summed E-state index contributed by atoms with van der Waals surface area (Å²) < 4.78 is 5.22. The van der Waals surface area contributed by atoms with E-state index in [4.69, 9.17) is 16.4 Å². The van der Waals surface area contributed by atoms with Crippen LogP contribution in [0, 0.1) is 23.7 Å². The van der Waals surface area contributed by atoms with Crippen molar-refractivity contribution in [1.82, 2.24) is 5.32 Å². The van der Waals surface area contributed by atoms with Gasteiger partial charge < -0.3 is 4.74 Å². The maximum Gasteiger partial charge on any atom is 0.131 e. The van der Waals surface area contributed by atoms with Crippen molar-refractivity contribution in [2.24, 2.45) is 0 Å². The van der Waals surface area contributed by atoms with E-state index in [-0.39, 0.29) is 0 Å². The highest BCUT2D eigenvalue weighted by Crippen LogP contribution is 2.17. The Balaban J connectivity index is 2.51. The van der Waals surface area contributed by atoms with Gasteiger partial charge in [0.15, 0.2) is 0 Å². The topological polar surface area (TPSA) is 45.0 Å². The molecule has 0 aromatic heterocycles. The quantitative estimate of drug-likeness (QED) is 0.596.